The number of hydrogen-bond donors (Lipinski definition) is 3. The van der Waals surface area contributed by atoms with Crippen molar-refractivity contribution in [2.75, 3.05) is 5.32 Å². The first-order chi connectivity index (χ1) is 14.0. The van der Waals surface area contributed by atoms with Crippen molar-refractivity contribution in [3.8, 4) is 0 Å². The number of aromatic nitrogens is 3. The van der Waals surface area contributed by atoms with Gasteiger partial charge in [0.25, 0.3) is 5.56 Å². The summed E-state index contributed by atoms with van der Waals surface area (Å²) in [4.78, 5) is 25.5. The van der Waals surface area contributed by atoms with E-state index < -0.39 is 6.04 Å². The molecule has 4 rings (SSSR count). The van der Waals surface area contributed by atoms with Crippen LogP contribution in [0.3, 0.4) is 0 Å². The van der Waals surface area contributed by atoms with Crippen LogP contribution in [0.2, 0.25) is 5.02 Å². The molecule has 148 valence electrons. The molecule has 4 N–H and O–H groups in total. The molecule has 0 aliphatic rings. The number of H-pyrrole nitrogens is 1. The maximum absolute atomic E-state index is 13.1. The Morgan fingerprint density at radius 3 is 2.72 bits per heavy atom. The average molecular weight is 410 g/mol. The van der Waals surface area contributed by atoms with Crippen LogP contribution in [-0.2, 0) is 11.3 Å². The highest BCUT2D eigenvalue weighted by atomic mass is 35.5. The maximum Gasteiger partial charge on any atom is 0.262 e. The highest BCUT2D eigenvalue weighted by Gasteiger charge is 2.18. The minimum Gasteiger partial charge on any atom is -0.325 e. The second kappa shape index (κ2) is 7.69. The van der Waals surface area contributed by atoms with E-state index in [-0.39, 0.29) is 11.5 Å². The van der Waals surface area contributed by atoms with Gasteiger partial charge in [0.2, 0.25) is 5.91 Å². The Labute approximate surface area is 171 Å². The van der Waals surface area contributed by atoms with E-state index in [0.29, 0.717) is 40.3 Å². The van der Waals surface area contributed by atoms with Crippen molar-refractivity contribution in [2.45, 2.75) is 25.9 Å². The fourth-order valence-electron chi connectivity index (χ4n) is 3.43. The first-order valence-electron chi connectivity index (χ1n) is 9.24. The molecule has 2 aromatic heterocycles. The standard InChI is InChI=1S/C21H20ClN5O2/c1-12-18-19(26-25-12)15-4-2-3-5-17(15)27(21(18)29)11-10-16(23)20(28)24-14-8-6-13(22)7-9-14/h2-9,16H,10-11,23H2,1H3,(H,24,28)(H,25,26). The van der Waals surface area contributed by atoms with Gasteiger partial charge in [0.1, 0.15) is 5.52 Å². The topological polar surface area (TPSA) is 106 Å². The van der Waals surface area contributed by atoms with Gasteiger partial charge in [0, 0.05) is 28.3 Å². The lowest BCUT2D eigenvalue weighted by atomic mass is 10.1. The van der Waals surface area contributed by atoms with Gasteiger partial charge in [-0.2, -0.15) is 5.10 Å². The average Bonchev–Trinajstić information content (AvgIpc) is 3.11. The number of nitrogens with zero attached hydrogens (tertiary/aromatic N) is 2. The Balaban J connectivity index is 1.59. The lowest BCUT2D eigenvalue weighted by molar-refractivity contribution is -0.117. The summed E-state index contributed by atoms with van der Waals surface area (Å²) in [5.74, 6) is -0.315. The number of halogens is 1. The minimum absolute atomic E-state index is 0.143. The first kappa shape index (κ1) is 19.2. The van der Waals surface area contributed by atoms with Gasteiger partial charge in [-0.05, 0) is 43.7 Å². The zero-order valence-corrected chi connectivity index (χ0v) is 16.5. The van der Waals surface area contributed by atoms with E-state index in [1.54, 1.807) is 28.8 Å². The summed E-state index contributed by atoms with van der Waals surface area (Å²) in [7, 11) is 0. The molecule has 0 spiro atoms. The van der Waals surface area contributed by atoms with Crippen LogP contribution in [0.25, 0.3) is 21.8 Å². The fourth-order valence-corrected chi connectivity index (χ4v) is 3.55. The molecule has 1 amide bonds. The number of amides is 1. The third-order valence-electron chi connectivity index (χ3n) is 4.97. The van der Waals surface area contributed by atoms with Gasteiger partial charge >= 0.3 is 0 Å². The monoisotopic (exact) mass is 409 g/mol. The van der Waals surface area contributed by atoms with Gasteiger partial charge < -0.3 is 15.6 Å². The van der Waals surface area contributed by atoms with Crippen LogP contribution in [0.1, 0.15) is 12.1 Å². The van der Waals surface area contributed by atoms with Gasteiger partial charge in [-0.15, -0.1) is 0 Å². The molecule has 1 unspecified atom stereocenters. The SMILES string of the molecule is Cc1[nH]nc2c1c(=O)n(CCC(N)C(=O)Nc1ccc(Cl)cc1)c1ccccc21. The van der Waals surface area contributed by atoms with Crippen molar-refractivity contribution >= 4 is 45.0 Å². The van der Waals surface area contributed by atoms with Crippen LogP contribution < -0.4 is 16.6 Å². The molecule has 0 saturated heterocycles. The number of hydrogen-bond acceptors (Lipinski definition) is 4. The van der Waals surface area contributed by atoms with Crippen molar-refractivity contribution in [1.82, 2.24) is 14.8 Å². The van der Waals surface area contributed by atoms with E-state index in [4.69, 9.17) is 17.3 Å². The third kappa shape index (κ3) is 3.62. The molecule has 0 radical (unpaired) electrons. The molecule has 1 atom stereocenters. The zero-order chi connectivity index (χ0) is 20.5. The molecule has 0 saturated carbocycles. The maximum atomic E-state index is 13.1. The summed E-state index contributed by atoms with van der Waals surface area (Å²) in [5.41, 5.74) is 8.70. The summed E-state index contributed by atoms with van der Waals surface area (Å²) in [6.07, 6.45) is 0.311. The molecular formula is C21H20ClN5O2. The number of fused-ring (bicyclic) bond motifs is 3. The Hall–Kier alpha value is -3.16. The largest absolute Gasteiger partial charge is 0.325 e. The van der Waals surface area contributed by atoms with Crippen LogP contribution in [-0.4, -0.2) is 26.7 Å². The number of carbonyl (C=O) groups excluding carboxylic acids is 1. The van der Waals surface area contributed by atoms with Crippen molar-refractivity contribution in [3.05, 3.63) is 69.6 Å². The number of nitrogens with one attached hydrogen (secondary N) is 2. The quantitative estimate of drug-likeness (QED) is 0.470. The normalized spacial score (nSPS) is 12.4. The molecule has 2 aromatic carbocycles. The number of benzene rings is 2. The second-order valence-corrected chi connectivity index (χ2v) is 7.37. The number of aromatic amines is 1. The lowest BCUT2D eigenvalue weighted by Gasteiger charge is -2.15. The van der Waals surface area contributed by atoms with Crippen molar-refractivity contribution in [2.24, 2.45) is 5.73 Å². The molecule has 2 heterocycles. The number of carbonyl (C=O) groups is 1. The van der Waals surface area contributed by atoms with E-state index in [9.17, 15) is 9.59 Å². The number of para-hydroxylation sites is 1. The summed E-state index contributed by atoms with van der Waals surface area (Å²) in [5, 5.41) is 12.0. The van der Waals surface area contributed by atoms with E-state index in [1.807, 2.05) is 31.2 Å². The van der Waals surface area contributed by atoms with Crippen molar-refractivity contribution in [3.63, 3.8) is 0 Å². The van der Waals surface area contributed by atoms with Crippen molar-refractivity contribution in [1.29, 1.82) is 0 Å². The number of rotatable bonds is 5. The first-order valence-corrected chi connectivity index (χ1v) is 9.61. The van der Waals surface area contributed by atoms with Crippen LogP contribution in [0, 0.1) is 6.92 Å². The van der Waals surface area contributed by atoms with Crippen LogP contribution in [0.5, 0.6) is 0 Å². The molecule has 4 aromatic rings. The number of nitrogens with two attached hydrogens (primary N) is 1. The third-order valence-corrected chi connectivity index (χ3v) is 5.22. The number of aryl methyl sites for hydroxylation is 2. The highest BCUT2D eigenvalue weighted by molar-refractivity contribution is 6.30. The van der Waals surface area contributed by atoms with E-state index in [2.05, 4.69) is 15.5 Å². The number of pyridine rings is 1. The van der Waals surface area contributed by atoms with Gasteiger partial charge in [0.05, 0.1) is 16.9 Å². The number of anilines is 1. The summed E-state index contributed by atoms with van der Waals surface area (Å²) >= 11 is 5.86. The Morgan fingerprint density at radius 1 is 1.24 bits per heavy atom. The van der Waals surface area contributed by atoms with Crippen LogP contribution >= 0.6 is 11.6 Å². The fraction of sp³-hybridized carbons (Fsp3) is 0.190. The molecular weight excluding hydrogens is 390 g/mol. The second-order valence-electron chi connectivity index (χ2n) is 6.94. The predicted octanol–water partition coefficient (Wildman–Crippen LogP) is 3.20. The van der Waals surface area contributed by atoms with Gasteiger partial charge in [-0.1, -0.05) is 29.8 Å². The Kier molecular flexibility index (Phi) is 5.08. The van der Waals surface area contributed by atoms with Gasteiger partial charge in [0.15, 0.2) is 0 Å². The summed E-state index contributed by atoms with van der Waals surface area (Å²) in [6, 6.07) is 13.6. The molecule has 0 bridgehead atoms. The molecule has 0 fully saturated rings. The summed E-state index contributed by atoms with van der Waals surface area (Å²) in [6.45, 7) is 2.14. The zero-order valence-electron chi connectivity index (χ0n) is 15.8. The molecule has 29 heavy (non-hydrogen) atoms. The smallest absolute Gasteiger partial charge is 0.262 e. The predicted molar refractivity (Wildman–Crippen MR) is 115 cm³/mol. The van der Waals surface area contributed by atoms with Crippen LogP contribution in [0.4, 0.5) is 5.69 Å². The Bertz CT molecular complexity index is 1260. The van der Waals surface area contributed by atoms with Crippen LogP contribution in [0.15, 0.2) is 53.3 Å². The molecule has 0 aliphatic carbocycles. The minimum atomic E-state index is -0.766. The Morgan fingerprint density at radius 2 is 1.97 bits per heavy atom. The lowest BCUT2D eigenvalue weighted by Crippen LogP contribution is -2.37. The van der Waals surface area contributed by atoms with E-state index >= 15 is 0 Å². The molecule has 0 aliphatic heterocycles. The highest BCUT2D eigenvalue weighted by Crippen LogP contribution is 2.22. The van der Waals surface area contributed by atoms with E-state index in [0.717, 1.165) is 10.9 Å². The summed E-state index contributed by atoms with van der Waals surface area (Å²) < 4.78 is 1.66. The van der Waals surface area contributed by atoms with Crippen molar-refractivity contribution < 1.29 is 4.79 Å². The molecule has 7 nitrogen and oxygen atoms in total. The van der Waals surface area contributed by atoms with Gasteiger partial charge in [-0.25, -0.2) is 0 Å². The molecule has 8 heteroatoms. The van der Waals surface area contributed by atoms with Gasteiger partial charge in [-0.3, -0.25) is 14.7 Å². The van der Waals surface area contributed by atoms with E-state index in [1.165, 1.54) is 0 Å².